The lowest BCUT2D eigenvalue weighted by Gasteiger charge is -2.02. The summed E-state index contributed by atoms with van der Waals surface area (Å²) in [5, 5.41) is 8.80. The molecule has 0 saturated heterocycles. The standard InChI is InChI=1S/C16H14ClN3O2S2/c1-8-11-6-9(17)2-5-13(11)24-14(8)12(21)7-23-16-19-18-15(22)20(16)10-3-4-10/h2,5-6,10H,3-4,7H2,1H3,(H,18,22). The molecule has 1 N–H and O–H groups in total. The second kappa shape index (κ2) is 6.06. The third-order valence-electron chi connectivity index (χ3n) is 4.07. The molecule has 0 aliphatic heterocycles. The van der Waals surface area contributed by atoms with Crippen molar-refractivity contribution in [2.45, 2.75) is 31.0 Å². The van der Waals surface area contributed by atoms with Gasteiger partial charge in [-0.15, -0.1) is 16.4 Å². The van der Waals surface area contributed by atoms with Crippen LogP contribution in [0.25, 0.3) is 10.1 Å². The van der Waals surface area contributed by atoms with Crippen molar-refractivity contribution in [1.82, 2.24) is 14.8 Å². The van der Waals surface area contributed by atoms with Gasteiger partial charge in [0.1, 0.15) is 0 Å². The molecule has 1 aromatic carbocycles. The van der Waals surface area contributed by atoms with Crippen LogP contribution in [0.1, 0.15) is 34.1 Å². The molecule has 2 aromatic heterocycles. The van der Waals surface area contributed by atoms with Crippen LogP contribution in [0.15, 0.2) is 28.2 Å². The lowest BCUT2D eigenvalue weighted by molar-refractivity contribution is 0.102. The normalized spacial score (nSPS) is 14.4. The first kappa shape index (κ1) is 15.9. The molecule has 0 amide bonds. The molecule has 0 unspecified atom stereocenters. The van der Waals surface area contributed by atoms with Gasteiger partial charge in [-0.25, -0.2) is 9.89 Å². The van der Waals surface area contributed by atoms with Crippen LogP contribution in [-0.4, -0.2) is 26.3 Å². The van der Waals surface area contributed by atoms with E-state index in [1.807, 2.05) is 25.1 Å². The number of fused-ring (bicyclic) bond motifs is 1. The van der Waals surface area contributed by atoms with Gasteiger partial charge in [0, 0.05) is 15.8 Å². The minimum atomic E-state index is -0.194. The third-order valence-corrected chi connectivity index (χ3v) is 6.57. The molecule has 0 bridgehead atoms. The van der Waals surface area contributed by atoms with E-state index in [0.29, 0.717) is 10.2 Å². The number of nitrogens with one attached hydrogen (secondary N) is 1. The first-order valence-electron chi connectivity index (χ1n) is 7.56. The summed E-state index contributed by atoms with van der Waals surface area (Å²) >= 11 is 8.85. The summed E-state index contributed by atoms with van der Waals surface area (Å²) in [6, 6.07) is 5.91. The number of thioether (sulfide) groups is 1. The molecule has 4 rings (SSSR count). The number of rotatable bonds is 5. The van der Waals surface area contributed by atoms with Gasteiger partial charge >= 0.3 is 5.69 Å². The number of ketones is 1. The molecule has 2 heterocycles. The zero-order chi connectivity index (χ0) is 16.8. The Morgan fingerprint density at radius 1 is 1.50 bits per heavy atom. The molecule has 0 spiro atoms. The Kier molecular flexibility index (Phi) is 4.02. The van der Waals surface area contributed by atoms with Gasteiger partial charge in [0.05, 0.1) is 10.6 Å². The van der Waals surface area contributed by atoms with E-state index >= 15 is 0 Å². The molecule has 1 fully saturated rings. The number of aromatic amines is 1. The van der Waals surface area contributed by atoms with Gasteiger partial charge in [0.15, 0.2) is 10.9 Å². The summed E-state index contributed by atoms with van der Waals surface area (Å²) in [6.45, 7) is 1.95. The summed E-state index contributed by atoms with van der Waals surface area (Å²) < 4.78 is 2.72. The van der Waals surface area contributed by atoms with Crippen molar-refractivity contribution >= 4 is 50.6 Å². The molecule has 24 heavy (non-hydrogen) atoms. The molecular weight excluding hydrogens is 366 g/mol. The van der Waals surface area contributed by atoms with E-state index in [0.717, 1.165) is 33.4 Å². The number of aryl methyl sites for hydroxylation is 1. The summed E-state index contributed by atoms with van der Waals surface area (Å²) in [5.74, 6) is 0.311. The highest BCUT2D eigenvalue weighted by Crippen LogP contribution is 2.37. The second-order valence-electron chi connectivity index (χ2n) is 5.82. The summed E-state index contributed by atoms with van der Waals surface area (Å²) in [4.78, 5) is 25.1. The number of hydrogen-bond donors (Lipinski definition) is 1. The van der Waals surface area contributed by atoms with Gasteiger partial charge in [-0.2, -0.15) is 0 Å². The number of benzene rings is 1. The van der Waals surface area contributed by atoms with Crippen LogP contribution in [0, 0.1) is 6.92 Å². The number of nitrogens with zero attached hydrogens (tertiary/aromatic N) is 2. The van der Waals surface area contributed by atoms with Crippen molar-refractivity contribution in [2.75, 3.05) is 5.75 Å². The van der Waals surface area contributed by atoms with Crippen LogP contribution >= 0.6 is 34.7 Å². The van der Waals surface area contributed by atoms with Crippen molar-refractivity contribution in [3.05, 3.63) is 44.1 Å². The Hall–Kier alpha value is -1.57. The fraction of sp³-hybridized carbons (Fsp3) is 0.312. The Labute approximate surface area is 151 Å². The number of carbonyl (C=O) groups excluding carboxylic acids is 1. The Morgan fingerprint density at radius 3 is 3.04 bits per heavy atom. The average molecular weight is 380 g/mol. The minimum Gasteiger partial charge on any atom is -0.292 e. The molecule has 0 atom stereocenters. The Morgan fingerprint density at radius 2 is 2.29 bits per heavy atom. The Balaban J connectivity index is 1.57. The number of Topliss-reactive ketones (excluding diaryl/α,β-unsaturated/α-hetero) is 1. The van der Waals surface area contributed by atoms with Gasteiger partial charge in [-0.1, -0.05) is 23.4 Å². The van der Waals surface area contributed by atoms with E-state index in [4.69, 9.17) is 11.6 Å². The fourth-order valence-electron chi connectivity index (χ4n) is 2.70. The predicted octanol–water partition coefficient (Wildman–Crippen LogP) is 4.06. The predicted molar refractivity (Wildman–Crippen MR) is 97.7 cm³/mol. The van der Waals surface area contributed by atoms with E-state index in [1.165, 1.54) is 23.1 Å². The SMILES string of the molecule is Cc1c(C(=O)CSc2n[nH]c(=O)n2C2CC2)sc2ccc(Cl)cc12. The van der Waals surface area contributed by atoms with Crippen LogP contribution in [0.3, 0.4) is 0 Å². The Bertz CT molecular complexity index is 1000. The van der Waals surface area contributed by atoms with Gasteiger partial charge < -0.3 is 0 Å². The number of carbonyl (C=O) groups is 1. The molecule has 124 valence electrons. The van der Waals surface area contributed by atoms with Crippen molar-refractivity contribution in [3.8, 4) is 0 Å². The molecule has 3 aromatic rings. The van der Waals surface area contributed by atoms with E-state index in [2.05, 4.69) is 10.2 Å². The summed E-state index contributed by atoms with van der Waals surface area (Å²) in [5.41, 5.74) is 0.768. The topological polar surface area (TPSA) is 67.8 Å². The zero-order valence-corrected chi connectivity index (χ0v) is 15.2. The highest BCUT2D eigenvalue weighted by Gasteiger charge is 2.29. The smallest absolute Gasteiger partial charge is 0.292 e. The fourth-order valence-corrected chi connectivity index (χ4v) is 4.98. The van der Waals surface area contributed by atoms with Gasteiger partial charge in [-0.05, 0) is 48.9 Å². The van der Waals surface area contributed by atoms with Crippen LogP contribution in [0.2, 0.25) is 5.02 Å². The largest absolute Gasteiger partial charge is 0.344 e. The molecule has 5 nitrogen and oxygen atoms in total. The van der Waals surface area contributed by atoms with Gasteiger partial charge in [0.25, 0.3) is 0 Å². The molecule has 1 aliphatic carbocycles. The number of halogens is 1. The van der Waals surface area contributed by atoms with Crippen LogP contribution in [0.5, 0.6) is 0 Å². The quantitative estimate of drug-likeness (QED) is 0.536. The molecule has 0 radical (unpaired) electrons. The number of aromatic nitrogens is 3. The van der Waals surface area contributed by atoms with E-state index in [-0.39, 0.29) is 23.3 Å². The van der Waals surface area contributed by atoms with Crippen molar-refractivity contribution in [2.24, 2.45) is 0 Å². The molecule has 1 aliphatic rings. The van der Waals surface area contributed by atoms with Gasteiger partial charge in [-0.3, -0.25) is 9.36 Å². The van der Waals surface area contributed by atoms with Crippen molar-refractivity contribution < 1.29 is 4.79 Å². The van der Waals surface area contributed by atoms with E-state index in [1.54, 1.807) is 4.57 Å². The van der Waals surface area contributed by atoms with Crippen LogP contribution in [-0.2, 0) is 0 Å². The monoisotopic (exact) mass is 379 g/mol. The van der Waals surface area contributed by atoms with Crippen LogP contribution < -0.4 is 5.69 Å². The number of H-pyrrole nitrogens is 1. The highest BCUT2D eigenvalue weighted by atomic mass is 35.5. The molecular formula is C16H14ClN3O2S2. The first-order chi connectivity index (χ1) is 11.5. The maximum Gasteiger partial charge on any atom is 0.344 e. The van der Waals surface area contributed by atoms with E-state index in [9.17, 15) is 9.59 Å². The lowest BCUT2D eigenvalue weighted by Crippen LogP contribution is -2.16. The molecule has 8 heteroatoms. The zero-order valence-electron chi connectivity index (χ0n) is 12.8. The van der Waals surface area contributed by atoms with Crippen LogP contribution in [0.4, 0.5) is 0 Å². The lowest BCUT2D eigenvalue weighted by atomic mass is 10.1. The minimum absolute atomic E-state index is 0.0487. The number of thiophene rings is 1. The number of hydrogen-bond acceptors (Lipinski definition) is 5. The van der Waals surface area contributed by atoms with Gasteiger partial charge in [0.2, 0.25) is 0 Å². The maximum atomic E-state index is 12.6. The second-order valence-corrected chi connectivity index (χ2v) is 8.25. The third kappa shape index (κ3) is 2.81. The summed E-state index contributed by atoms with van der Waals surface area (Å²) in [6.07, 6.45) is 1.99. The summed E-state index contributed by atoms with van der Waals surface area (Å²) in [7, 11) is 0. The average Bonchev–Trinajstić information content (AvgIpc) is 3.26. The van der Waals surface area contributed by atoms with Crippen molar-refractivity contribution in [1.29, 1.82) is 0 Å². The van der Waals surface area contributed by atoms with E-state index < -0.39 is 0 Å². The maximum absolute atomic E-state index is 12.6. The highest BCUT2D eigenvalue weighted by molar-refractivity contribution is 7.99. The van der Waals surface area contributed by atoms with Crippen molar-refractivity contribution in [3.63, 3.8) is 0 Å². The first-order valence-corrected chi connectivity index (χ1v) is 9.74. The molecule has 1 saturated carbocycles.